The number of thiophene rings is 2. The van der Waals surface area contributed by atoms with Crippen LogP contribution in [0.4, 0.5) is 0 Å². The number of quaternary nitrogens is 1. The number of piperidine rings is 1. The number of epoxide rings is 1. The number of morpholine rings is 1. The molecule has 2 aromatic rings. The van der Waals surface area contributed by atoms with Gasteiger partial charge >= 0.3 is 5.97 Å². The summed E-state index contributed by atoms with van der Waals surface area (Å²) in [6, 6.07) is 1.36. The SMILES string of the molecule is [2H]C1(OC(=O)C(O)(c2cccs2)c2cccs2)CC2([2H])C3([2H])OC3([2H])C([2H])(C1)[N+]2(C)C([2H])([2H])[2H].[Br-]. The van der Waals surface area contributed by atoms with Gasteiger partial charge in [0.05, 0.1) is 34.7 Å². The lowest BCUT2D eigenvalue weighted by Gasteiger charge is -2.45. The Bertz CT molecular complexity index is 1100. The van der Waals surface area contributed by atoms with E-state index in [-0.39, 0.29) is 26.7 Å². The minimum absolute atomic E-state index is 0. The maximum absolute atomic E-state index is 13.4. The van der Waals surface area contributed by atoms with Crippen molar-refractivity contribution in [3.8, 4) is 0 Å². The molecular weight excluding hydrogens is 450 g/mol. The van der Waals surface area contributed by atoms with Gasteiger partial charge in [0.1, 0.15) is 30.3 Å². The summed E-state index contributed by atoms with van der Waals surface area (Å²) < 4.78 is 77.7. The number of carbonyl (C=O) groups excluding carboxylic acids is 1. The summed E-state index contributed by atoms with van der Waals surface area (Å²) in [4.78, 5) is 13.9. The highest BCUT2D eigenvalue weighted by Gasteiger charge is 2.71. The standard InChI is InChI=1S/C19H22NO4S2.BrH/c1-20(2)12-9-11(10-13(20)17-16(12)24-17)23-18(21)19(22,14-5-3-7-25-14)15-6-4-8-26-15;/h3-8,11-13,16-17,22H,9-10H2,1-2H3;1H/q+1;/p-1/i1D3,11D,12D,13D,16D,17D;. The second-order valence-electron chi connectivity index (χ2n) is 6.61. The first kappa shape index (κ1) is 12.0. The van der Waals surface area contributed by atoms with Crippen LogP contribution in [0.3, 0.4) is 0 Å². The molecule has 1 N–H and O–H groups in total. The minimum Gasteiger partial charge on any atom is -1.00 e. The highest BCUT2D eigenvalue weighted by molar-refractivity contribution is 7.12. The summed E-state index contributed by atoms with van der Waals surface area (Å²) >= 11 is 2.20. The van der Waals surface area contributed by atoms with Crippen LogP contribution in [-0.2, 0) is 19.9 Å². The predicted molar refractivity (Wildman–Crippen MR) is 99.1 cm³/mol. The summed E-state index contributed by atoms with van der Waals surface area (Å²) in [5, 5.41) is 14.8. The van der Waals surface area contributed by atoms with Crippen LogP contribution in [0.5, 0.6) is 0 Å². The van der Waals surface area contributed by atoms with Crippen molar-refractivity contribution in [3.63, 3.8) is 0 Å². The van der Waals surface area contributed by atoms with E-state index in [0.717, 1.165) is 29.7 Å². The molecule has 2 bridgehead atoms. The number of hydrogen-bond donors (Lipinski definition) is 1. The maximum Gasteiger partial charge on any atom is 0.349 e. The first-order chi connectivity index (χ1) is 15.5. The molecule has 3 saturated heterocycles. The highest BCUT2D eigenvalue weighted by atomic mass is 79.9. The Hall–Kier alpha value is -0.770. The summed E-state index contributed by atoms with van der Waals surface area (Å²) in [6.45, 7) is -2.98. The molecular formula is C19H22BrNO4S2. The second-order valence-corrected chi connectivity index (χ2v) is 8.50. The van der Waals surface area contributed by atoms with Crippen LogP contribution in [0.2, 0.25) is 0 Å². The Balaban J connectivity index is 0.00000289. The van der Waals surface area contributed by atoms with Crippen molar-refractivity contribution in [1.82, 2.24) is 0 Å². The third kappa shape index (κ3) is 2.84. The van der Waals surface area contributed by atoms with Crippen LogP contribution in [0, 0.1) is 0 Å². The van der Waals surface area contributed by atoms with Gasteiger partial charge < -0.3 is 36.0 Å². The van der Waals surface area contributed by atoms with Crippen molar-refractivity contribution in [2.24, 2.45) is 0 Å². The largest absolute Gasteiger partial charge is 1.00 e. The fourth-order valence-electron chi connectivity index (χ4n) is 3.51. The number of likely N-dealkylation sites (N-methyl/N-ethyl adjacent to an activating group) is 1. The van der Waals surface area contributed by atoms with E-state index < -0.39 is 66.1 Å². The molecule has 3 aliphatic heterocycles. The molecule has 146 valence electrons. The molecule has 4 unspecified atom stereocenters. The molecule has 5 nitrogen and oxygen atoms in total. The quantitative estimate of drug-likeness (QED) is 0.359. The number of ether oxygens (including phenoxy) is 2. The summed E-state index contributed by atoms with van der Waals surface area (Å²) in [5.41, 5.74) is -2.25. The second kappa shape index (κ2) is 6.64. The molecule has 0 radical (unpaired) electrons. The third-order valence-electron chi connectivity index (χ3n) is 4.99. The van der Waals surface area contributed by atoms with Gasteiger partial charge in [0.2, 0.25) is 5.60 Å². The van der Waals surface area contributed by atoms with Crippen molar-refractivity contribution in [1.29, 1.82) is 0 Å². The molecule has 27 heavy (non-hydrogen) atoms. The molecule has 5 rings (SSSR count). The molecule has 3 aliphatic rings. The molecule has 4 atom stereocenters. The van der Waals surface area contributed by atoms with E-state index in [1.165, 1.54) is 12.1 Å². The van der Waals surface area contributed by atoms with E-state index in [4.69, 9.17) is 20.4 Å². The number of halogens is 1. The number of rotatable bonds is 4. The number of aliphatic hydroxyl groups is 1. The zero-order valence-electron chi connectivity index (χ0n) is 22.2. The van der Waals surface area contributed by atoms with Gasteiger partial charge in [-0.25, -0.2) is 4.79 Å². The molecule has 8 heteroatoms. The van der Waals surface area contributed by atoms with Crippen molar-refractivity contribution < 1.29 is 51.8 Å². The first-order valence-corrected chi connectivity index (χ1v) is 9.83. The van der Waals surface area contributed by atoms with Crippen LogP contribution < -0.4 is 17.0 Å². The average Bonchev–Trinajstić information content (AvgIpc) is 3.20. The Labute approximate surface area is 188 Å². The lowest BCUT2D eigenvalue weighted by Crippen LogP contribution is -3.00. The van der Waals surface area contributed by atoms with Crippen molar-refractivity contribution in [2.75, 3.05) is 14.0 Å². The van der Waals surface area contributed by atoms with Gasteiger partial charge in [0, 0.05) is 12.8 Å². The normalized spacial score (nSPS) is 55.0. The van der Waals surface area contributed by atoms with Crippen LogP contribution in [-0.4, -0.2) is 59.9 Å². The van der Waals surface area contributed by atoms with Gasteiger partial charge in [-0.3, -0.25) is 0 Å². The van der Waals surface area contributed by atoms with Crippen LogP contribution in [0.15, 0.2) is 35.0 Å². The van der Waals surface area contributed by atoms with Crippen LogP contribution in [0.25, 0.3) is 0 Å². The highest BCUT2D eigenvalue weighted by Crippen LogP contribution is 2.52. The fourth-order valence-corrected chi connectivity index (χ4v) is 5.22. The lowest BCUT2D eigenvalue weighted by molar-refractivity contribution is -0.938. The molecule has 2 aromatic heterocycles. The van der Waals surface area contributed by atoms with Crippen molar-refractivity contribution >= 4 is 28.6 Å². The molecule has 5 heterocycles. The van der Waals surface area contributed by atoms with Crippen LogP contribution in [0.1, 0.15) is 33.6 Å². The number of hydrogen-bond acceptors (Lipinski definition) is 6. The summed E-state index contributed by atoms with van der Waals surface area (Å²) in [6.07, 6.45) is -8.76. The van der Waals surface area contributed by atoms with Gasteiger partial charge in [0.15, 0.2) is 0 Å². The van der Waals surface area contributed by atoms with Gasteiger partial charge in [-0.05, 0) is 22.9 Å². The van der Waals surface area contributed by atoms with E-state index in [2.05, 4.69) is 0 Å². The summed E-state index contributed by atoms with van der Waals surface area (Å²) in [5.74, 6) is -1.21. The average molecular weight is 480 g/mol. The molecule has 0 spiro atoms. The fraction of sp³-hybridized carbons (Fsp3) is 0.526. The van der Waals surface area contributed by atoms with Gasteiger partial charge in [-0.2, -0.15) is 0 Å². The maximum atomic E-state index is 13.4. The van der Waals surface area contributed by atoms with E-state index >= 15 is 0 Å². The zero-order chi connectivity index (χ0) is 25.2. The van der Waals surface area contributed by atoms with Crippen molar-refractivity contribution in [2.45, 2.75) is 48.7 Å². The minimum atomic E-state index is -2.98. The smallest absolute Gasteiger partial charge is 0.349 e. The Morgan fingerprint density at radius 2 is 1.85 bits per heavy atom. The van der Waals surface area contributed by atoms with Gasteiger partial charge in [-0.1, -0.05) is 12.1 Å². The van der Waals surface area contributed by atoms with Crippen LogP contribution >= 0.6 is 22.7 Å². The van der Waals surface area contributed by atoms with Gasteiger partial charge in [0.25, 0.3) is 0 Å². The van der Waals surface area contributed by atoms with E-state index in [9.17, 15) is 9.90 Å². The Morgan fingerprint density at radius 1 is 1.30 bits per heavy atom. The number of carbonyl (C=O) groups is 1. The van der Waals surface area contributed by atoms with Crippen molar-refractivity contribution in [3.05, 3.63) is 44.8 Å². The molecule has 0 amide bonds. The Morgan fingerprint density at radius 3 is 2.30 bits per heavy atom. The number of nitrogens with zero attached hydrogens (tertiary/aromatic N) is 1. The van der Waals surface area contributed by atoms with E-state index in [1.54, 1.807) is 22.9 Å². The first-order valence-electron chi connectivity index (χ1n) is 12.1. The number of esters is 1. The molecule has 0 aliphatic carbocycles. The molecule has 3 fully saturated rings. The van der Waals surface area contributed by atoms with E-state index in [0.29, 0.717) is 0 Å². The Kier molecular flexibility index (Phi) is 2.96. The summed E-state index contributed by atoms with van der Waals surface area (Å²) in [7, 11) is 1.10. The van der Waals surface area contributed by atoms with Gasteiger partial charge in [-0.15, -0.1) is 22.7 Å². The molecule has 0 saturated carbocycles. The lowest BCUT2D eigenvalue weighted by atomic mass is 9.95. The third-order valence-corrected chi connectivity index (χ3v) is 6.95. The number of fused-ring (bicyclic) bond motifs is 5. The van der Waals surface area contributed by atoms with E-state index in [1.807, 2.05) is 0 Å². The zero-order valence-corrected chi connectivity index (χ0v) is 17.4. The topological polar surface area (TPSA) is 59.1 Å². The predicted octanol–water partition coefficient (Wildman–Crippen LogP) is -0.650. The monoisotopic (exact) mass is 479 g/mol. The molecule has 0 aromatic carbocycles.